The number of carbonyl (C=O) groups excluding carboxylic acids is 3. The third-order valence-electron chi connectivity index (χ3n) is 8.12. The van der Waals surface area contributed by atoms with E-state index in [9.17, 15) is 34.8 Å². The minimum absolute atomic E-state index is 0.0811. The number of anilines is 1. The molecule has 1 aromatic rings. The maximum Gasteiger partial charge on any atom is 0.209 e. The van der Waals surface area contributed by atoms with Gasteiger partial charge in [-0.15, -0.1) is 0 Å². The number of ketones is 3. The molecule has 3 atom stereocenters. The molecule has 1 aliphatic heterocycles. The van der Waals surface area contributed by atoms with Crippen molar-refractivity contribution in [3.05, 3.63) is 45.9 Å². The number of phenolic OH excluding ortho intramolecular Hbond substituents is 1. The summed E-state index contributed by atoms with van der Waals surface area (Å²) in [7, 11) is 0. The summed E-state index contributed by atoms with van der Waals surface area (Å²) < 4.78 is 0. The van der Waals surface area contributed by atoms with Crippen LogP contribution in [0.4, 0.5) is 5.69 Å². The molecule has 8 nitrogen and oxygen atoms in total. The van der Waals surface area contributed by atoms with E-state index >= 15 is 0 Å². The Morgan fingerprint density at radius 1 is 1.09 bits per heavy atom. The monoisotopic (exact) mass is 467 g/mol. The lowest BCUT2D eigenvalue weighted by molar-refractivity contribution is -0.145. The molecule has 0 saturated carbocycles. The highest BCUT2D eigenvalue weighted by molar-refractivity contribution is 6.25. The highest BCUT2D eigenvalue weighted by Gasteiger charge is 2.62. The predicted octanol–water partition coefficient (Wildman–Crippen LogP) is 3.06. The molecule has 1 fully saturated rings. The number of aromatic hydroxyl groups is 1. The van der Waals surface area contributed by atoms with Crippen molar-refractivity contribution in [1.29, 1.82) is 0 Å². The summed E-state index contributed by atoms with van der Waals surface area (Å²) in [5.41, 5.74) is -2.77. The van der Waals surface area contributed by atoms with Gasteiger partial charge in [-0.2, -0.15) is 0 Å². The third kappa shape index (κ3) is 2.90. The number of nitrogens with zero attached hydrogens (tertiary/aromatic N) is 1. The SMILES string of the molecule is CC(=O)C1=C(O)C[C@@H]2C[C@]3(C)Cc4ccc(N5CCCCC5)c(O)c4C(=O)C3=C(O)[C@]2(O)C1=O. The van der Waals surface area contributed by atoms with Gasteiger partial charge in [0.25, 0.3) is 0 Å². The van der Waals surface area contributed by atoms with Gasteiger partial charge in [0.15, 0.2) is 17.2 Å². The normalized spacial score (nSPS) is 31.3. The Labute approximate surface area is 197 Å². The van der Waals surface area contributed by atoms with Gasteiger partial charge in [0.05, 0.1) is 11.3 Å². The number of phenols is 1. The molecular formula is C26H29NO7. The molecule has 180 valence electrons. The van der Waals surface area contributed by atoms with Crippen LogP contribution >= 0.6 is 0 Å². The van der Waals surface area contributed by atoms with Crippen LogP contribution in [0.15, 0.2) is 34.8 Å². The van der Waals surface area contributed by atoms with Gasteiger partial charge in [-0.1, -0.05) is 13.0 Å². The zero-order chi connectivity index (χ0) is 24.6. The molecule has 1 saturated heterocycles. The topological polar surface area (TPSA) is 135 Å². The molecule has 4 aliphatic rings. The fourth-order valence-corrected chi connectivity index (χ4v) is 6.50. The first-order valence-electron chi connectivity index (χ1n) is 11.8. The van der Waals surface area contributed by atoms with Gasteiger partial charge in [-0.25, -0.2) is 0 Å². The van der Waals surface area contributed by atoms with Crippen molar-refractivity contribution in [2.24, 2.45) is 11.3 Å². The van der Waals surface area contributed by atoms with Crippen molar-refractivity contribution in [1.82, 2.24) is 0 Å². The van der Waals surface area contributed by atoms with Gasteiger partial charge in [-0.3, -0.25) is 14.4 Å². The molecule has 8 heteroatoms. The molecule has 4 N–H and O–H groups in total. The molecule has 1 heterocycles. The van der Waals surface area contributed by atoms with Gasteiger partial charge in [0.1, 0.15) is 22.8 Å². The molecule has 0 aromatic heterocycles. The third-order valence-corrected chi connectivity index (χ3v) is 8.12. The standard InChI is InChI=1S/C26H29NO7/c1-13(28)18-17(29)10-15-12-25(2)11-14-6-7-16(27-8-4-3-5-9-27)21(30)19(14)22(31)20(25)24(33)26(15,34)23(18)32/h6-7,15,29-30,33-34H,3-5,8-12H2,1-2H3/t15-,25+,26-/m1/s1. The Morgan fingerprint density at radius 2 is 1.76 bits per heavy atom. The molecular weight excluding hydrogens is 438 g/mol. The van der Waals surface area contributed by atoms with Crippen molar-refractivity contribution in [2.45, 2.75) is 58.0 Å². The Kier molecular flexibility index (Phi) is 4.95. The molecule has 5 rings (SSSR count). The van der Waals surface area contributed by atoms with Gasteiger partial charge >= 0.3 is 0 Å². The first-order valence-corrected chi connectivity index (χ1v) is 11.8. The maximum atomic E-state index is 13.8. The summed E-state index contributed by atoms with van der Waals surface area (Å²) in [4.78, 5) is 41.0. The van der Waals surface area contributed by atoms with E-state index in [0.29, 0.717) is 17.7 Å². The van der Waals surface area contributed by atoms with E-state index in [1.165, 1.54) is 0 Å². The number of allylic oxidation sites excluding steroid dienone is 2. The number of hydrogen-bond acceptors (Lipinski definition) is 8. The van der Waals surface area contributed by atoms with Gasteiger partial charge in [0.2, 0.25) is 5.78 Å². The number of carbonyl (C=O) groups is 3. The van der Waals surface area contributed by atoms with Gasteiger partial charge in [0, 0.05) is 36.4 Å². The fourth-order valence-electron chi connectivity index (χ4n) is 6.50. The summed E-state index contributed by atoms with van der Waals surface area (Å²) in [6, 6.07) is 3.65. The van der Waals surface area contributed by atoms with Crippen molar-refractivity contribution >= 4 is 23.0 Å². The largest absolute Gasteiger partial charge is 0.511 e. The first kappa shape index (κ1) is 22.7. The Morgan fingerprint density at radius 3 is 2.41 bits per heavy atom. The lowest BCUT2D eigenvalue weighted by Gasteiger charge is -2.50. The Balaban J connectivity index is 1.66. The van der Waals surface area contributed by atoms with Crippen LogP contribution in [-0.4, -0.2) is 56.5 Å². The van der Waals surface area contributed by atoms with Crippen LogP contribution < -0.4 is 4.90 Å². The molecule has 0 radical (unpaired) electrons. The second-order valence-electron chi connectivity index (χ2n) is 10.4. The summed E-state index contributed by atoms with van der Waals surface area (Å²) in [6.07, 6.45) is 3.38. The number of hydrogen-bond donors (Lipinski definition) is 4. The number of aliphatic hydroxyl groups excluding tert-OH is 2. The molecule has 0 spiro atoms. The zero-order valence-corrected chi connectivity index (χ0v) is 19.3. The Bertz CT molecular complexity index is 1210. The van der Waals surface area contributed by atoms with Crippen molar-refractivity contribution in [3.63, 3.8) is 0 Å². The summed E-state index contributed by atoms with van der Waals surface area (Å²) in [5.74, 6) is -4.67. The zero-order valence-electron chi connectivity index (χ0n) is 19.3. The Hall–Kier alpha value is -3.13. The van der Waals surface area contributed by atoms with E-state index in [0.717, 1.165) is 39.3 Å². The van der Waals surface area contributed by atoms with Crippen molar-refractivity contribution < 1.29 is 34.8 Å². The summed E-state index contributed by atoms with van der Waals surface area (Å²) in [5, 5.41) is 44.2. The number of benzene rings is 1. The van der Waals surface area contributed by atoms with Crippen LogP contribution in [0.5, 0.6) is 5.75 Å². The van der Waals surface area contributed by atoms with Gasteiger partial charge < -0.3 is 25.3 Å². The summed E-state index contributed by atoms with van der Waals surface area (Å²) in [6.45, 7) is 4.42. The lowest BCUT2D eigenvalue weighted by Crippen LogP contribution is -2.58. The smallest absolute Gasteiger partial charge is 0.209 e. The highest BCUT2D eigenvalue weighted by atomic mass is 16.3. The average molecular weight is 468 g/mol. The van der Waals surface area contributed by atoms with Crippen molar-refractivity contribution in [3.8, 4) is 5.75 Å². The van der Waals surface area contributed by atoms with Gasteiger partial charge in [-0.05, 0) is 50.7 Å². The van der Waals surface area contributed by atoms with E-state index in [1.54, 1.807) is 6.92 Å². The van der Waals surface area contributed by atoms with Crippen LogP contribution in [0.3, 0.4) is 0 Å². The number of fused-ring (bicyclic) bond motifs is 3. The minimum Gasteiger partial charge on any atom is -0.511 e. The minimum atomic E-state index is -2.48. The van der Waals surface area contributed by atoms with Crippen molar-refractivity contribution in [2.75, 3.05) is 18.0 Å². The number of aliphatic hydroxyl groups is 3. The van der Waals surface area contributed by atoms with E-state index in [2.05, 4.69) is 0 Å². The second-order valence-corrected chi connectivity index (χ2v) is 10.4. The van der Waals surface area contributed by atoms with Crippen LogP contribution in [0, 0.1) is 11.3 Å². The number of rotatable bonds is 2. The van der Waals surface area contributed by atoms with E-state index in [4.69, 9.17) is 0 Å². The van der Waals surface area contributed by atoms with E-state index < -0.39 is 51.4 Å². The molecule has 0 bridgehead atoms. The lowest BCUT2D eigenvalue weighted by atomic mass is 9.54. The number of piperidine rings is 1. The fraction of sp³-hybridized carbons (Fsp3) is 0.500. The second kappa shape index (κ2) is 7.43. The first-order chi connectivity index (χ1) is 16.0. The highest BCUT2D eigenvalue weighted by Crippen LogP contribution is 2.57. The average Bonchev–Trinajstić information content (AvgIpc) is 2.76. The predicted molar refractivity (Wildman–Crippen MR) is 123 cm³/mol. The van der Waals surface area contributed by atoms with Crippen LogP contribution in [-0.2, 0) is 16.0 Å². The summed E-state index contributed by atoms with van der Waals surface area (Å²) >= 11 is 0. The molecule has 0 amide bonds. The maximum absolute atomic E-state index is 13.8. The molecule has 1 aromatic carbocycles. The van der Waals surface area contributed by atoms with E-state index in [1.807, 2.05) is 17.0 Å². The van der Waals surface area contributed by atoms with Crippen LogP contribution in [0.25, 0.3) is 0 Å². The molecule has 3 aliphatic carbocycles. The van der Waals surface area contributed by atoms with Crippen LogP contribution in [0.2, 0.25) is 0 Å². The number of Topliss-reactive ketones (excluding diaryl/α,β-unsaturated/α-hetero) is 3. The van der Waals surface area contributed by atoms with E-state index in [-0.39, 0.29) is 29.7 Å². The molecule has 0 unspecified atom stereocenters. The quantitative estimate of drug-likeness (QED) is 0.488. The molecule has 34 heavy (non-hydrogen) atoms. The van der Waals surface area contributed by atoms with Crippen LogP contribution in [0.1, 0.15) is 61.9 Å².